The molecule has 0 spiro atoms. The number of halogens is 3. The number of amides is 1. The smallest absolute Gasteiger partial charge is 0.436 e. The van der Waals surface area contributed by atoms with E-state index in [9.17, 15) is 18.0 Å². The third-order valence-corrected chi connectivity index (χ3v) is 3.53. The molecule has 0 radical (unpaired) electrons. The van der Waals surface area contributed by atoms with Crippen LogP contribution in [0, 0.1) is 0 Å². The summed E-state index contributed by atoms with van der Waals surface area (Å²) in [5.74, 6) is 0. The first-order chi connectivity index (χ1) is 11.2. The van der Waals surface area contributed by atoms with Crippen LogP contribution in [0.5, 0.6) is 5.19 Å². The molecule has 0 unspecified atom stereocenters. The Kier molecular flexibility index (Phi) is 5.27. The molecule has 1 aromatic carbocycles. The SMILES string of the molecule is COc1nn(-c2cccc(C(F)(F)F)c2)c(=NC(=O)OC(C)C)s1. The fourth-order valence-corrected chi connectivity index (χ4v) is 2.42. The number of hydrogen-bond donors (Lipinski definition) is 0. The zero-order chi connectivity index (χ0) is 17.9. The maximum Gasteiger partial charge on any atom is 0.436 e. The van der Waals surface area contributed by atoms with Gasteiger partial charge in [0.05, 0.1) is 24.5 Å². The molecule has 0 saturated carbocycles. The quantitative estimate of drug-likeness (QED) is 0.840. The number of aromatic nitrogens is 2. The number of rotatable bonds is 3. The van der Waals surface area contributed by atoms with Gasteiger partial charge < -0.3 is 9.47 Å². The Morgan fingerprint density at radius 3 is 2.67 bits per heavy atom. The molecular weight excluding hydrogens is 347 g/mol. The van der Waals surface area contributed by atoms with Gasteiger partial charge in [-0.2, -0.15) is 13.2 Å². The fraction of sp³-hybridized carbons (Fsp3) is 0.357. The van der Waals surface area contributed by atoms with Crippen LogP contribution in [-0.4, -0.2) is 29.1 Å². The van der Waals surface area contributed by atoms with E-state index in [1.165, 1.54) is 19.2 Å². The third-order valence-electron chi connectivity index (χ3n) is 2.66. The van der Waals surface area contributed by atoms with Crippen molar-refractivity contribution >= 4 is 17.4 Å². The van der Waals surface area contributed by atoms with Crippen LogP contribution in [0.4, 0.5) is 18.0 Å². The molecule has 0 aliphatic rings. The molecule has 24 heavy (non-hydrogen) atoms. The van der Waals surface area contributed by atoms with Gasteiger partial charge >= 0.3 is 12.3 Å². The van der Waals surface area contributed by atoms with Crippen LogP contribution < -0.4 is 9.54 Å². The van der Waals surface area contributed by atoms with E-state index in [1.54, 1.807) is 13.8 Å². The molecule has 0 saturated heterocycles. The van der Waals surface area contributed by atoms with E-state index in [1.807, 2.05) is 0 Å². The Morgan fingerprint density at radius 2 is 2.08 bits per heavy atom. The zero-order valence-electron chi connectivity index (χ0n) is 13.0. The predicted molar refractivity (Wildman–Crippen MR) is 80.2 cm³/mol. The highest BCUT2D eigenvalue weighted by molar-refractivity contribution is 7.10. The van der Waals surface area contributed by atoms with Crippen molar-refractivity contribution in [3.05, 3.63) is 34.6 Å². The topological polar surface area (TPSA) is 65.7 Å². The Bertz CT molecular complexity index is 796. The largest absolute Gasteiger partial charge is 0.472 e. The number of alkyl halides is 3. The lowest BCUT2D eigenvalue weighted by Crippen LogP contribution is -2.19. The summed E-state index contributed by atoms with van der Waals surface area (Å²) in [5, 5.41) is 4.14. The first kappa shape index (κ1) is 18.0. The van der Waals surface area contributed by atoms with Crippen molar-refractivity contribution in [3.8, 4) is 10.9 Å². The molecule has 1 aromatic heterocycles. The lowest BCUT2D eigenvalue weighted by Gasteiger charge is -2.08. The van der Waals surface area contributed by atoms with Gasteiger partial charge in [-0.3, -0.25) is 0 Å². The zero-order valence-corrected chi connectivity index (χ0v) is 13.8. The van der Waals surface area contributed by atoms with Crippen molar-refractivity contribution in [2.75, 3.05) is 7.11 Å². The minimum atomic E-state index is -4.50. The predicted octanol–water partition coefficient (Wildman–Crippen LogP) is 3.41. The van der Waals surface area contributed by atoms with E-state index >= 15 is 0 Å². The summed E-state index contributed by atoms with van der Waals surface area (Å²) < 4.78 is 49.6. The minimum absolute atomic E-state index is 0.0387. The van der Waals surface area contributed by atoms with E-state index in [-0.39, 0.29) is 21.8 Å². The summed E-state index contributed by atoms with van der Waals surface area (Å²) in [6.45, 7) is 3.31. The number of carbonyl (C=O) groups excluding carboxylic acids is 1. The maximum atomic E-state index is 12.9. The molecule has 0 fully saturated rings. The van der Waals surface area contributed by atoms with Crippen LogP contribution in [0.15, 0.2) is 29.3 Å². The number of methoxy groups -OCH3 is 1. The van der Waals surface area contributed by atoms with Gasteiger partial charge in [0.1, 0.15) is 0 Å². The van der Waals surface area contributed by atoms with Crippen molar-refractivity contribution in [2.24, 2.45) is 4.99 Å². The monoisotopic (exact) mass is 361 g/mol. The molecule has 0 aliphatic heterocycles. The molecule has 10 heteroatoms. The van der Waals surface area contributed by atoms with Gasteiger partial charge in [-0.15, -0.1) is 10.1 Å². The molecule has 130 valence electrons. The summed E-state index contributed by atoms with van der Waals surface area (Å²) in [4.78, 5) is 15.5. The van der Waals surface area contributed by atoms with Crippen LogP contribution in [0.1, 0.15) is 19.4 Å². The van der Waals surface area contributed by atoms with Crippen LogP contribution in [0.3, 0.4) is 0 Å². The van der Waals surface area contributed by atoms with Crippen LogP contribution >= 0.6 is 11.3 Å². The Morgan fingerprint density at radius 1 is 1.38 bits per heavy atom. The third kappa shape index (κ3) is 4.34. The van der Waals surface area contributed by atoms with Crippen molar-refractivity contribution < 1.29 is 27.4 Å². The van der Waals surface area contributed by atoms with Crippen molar-refractivity contribution in [2.45, 2.75) is 26.1 Å². The van der Waals surface area contributed by atoms with E-state index in [4.69, 9.17) is 9.47 Å². The molecule has 0 bridgehead atoms. The highest BCUT2D eigenvalue weighted by atomic mass is 32.1. The van der Waals surface area contributed by atoms with Gasteiger partial charge in [-0.05, 0) is 43.4 Å². The molecule has 0 atom stereocenters. The van der Waals surface area contributed by atoms with Gasteiger partial charge in [0.2, 0.25) is 4.80 Å². The summed E-state index contributed by atoms with van der Waals surface area (Å²) >= 11 is 0.904. The first-order valence-electron chi connectivity index (χ1n) is 6.78. The molecule has 6 nitrogen and oxygen atoms in total. The van der Waals surface area contributed by atoms with Crippen LogP contribution in [-0.2, 0) is 10.9 Å². The fourth-order valence-electron chi connectivity index (χ4n) is 1.71. The number of ether oxygens (including phenoxy) is 2. The number of carbonyl (C=O) groups is 1. The molecule has 1 amide bonds. The van der Waals surface area contributed by atoms with E-state index in [0.29, 0.717) is 0 Å². The van der Waals surface area contributed by atoms with E-state index < -0.39 is 17.8 Å². The molecular formula is C14H14F3N3O3S. The van der Waals surface area contributed by atoms with Crippen LogP contribution in [0.25, 0.3) is 5.69 Å². The second-order valence-electron chi connectivity index (χ2n) is 4.86. The number of nitrogens with zero attached hydrogens (tertiary/aromatic N) is 3. The molecule has 1 heterocycles. The van der Waals surface area contributed by atoms with Gasteiger partial charge in [0.15, 0.2) is 0 Å². The summed E-state index contributed by atoms with van der Waals surface area (Å²) in [7, 11) is 1.35. The van der Waals surface area contributed by atoms with E-state index in [2.05, 4.69) is 10.1 Å². The number of benzene rings is 1. The molecule has 0 N–H and O–H groups in total. The second kappa shape index (κ2) is 7.04. The van der Waals surface area contributed by atoms with Crippen molar-refractivity contribution in [3.63, 3.8) is 0 Å². The Hall–Kier alpha value is -2.36. The maximum absolute atomic E-state index is 12.9. The normalized spacial score (nSPS) is 12.5. The molecule has 2 aromatic rings. The second-order valence-corrected chi connectivity index (χ2v) is 5.78. The first-order valence-corrected chi connectivity index (χ1v) is 7.59. The summed E-state index contributed by atoms with van der Waals surface area (Å²) in [5.41, 5.74) is -0.740. The highest BCUT2D eigenvalue weighted by Crippen LogP contribution is 2.30. The minimum Gasteiger partial charge on any atom is -0.472 e. The van der Waals surface area contributed by atoms with Crippen molar-refractivity contribution in [1.29, 1.82) is 0 Å². The summed E-state index contributed by atoms with van der Waals surface area (Å²) in [6.07, 6.45) is -5.74. The lowest BCUT2D eigenvalue weighted by atomic mass is 10.2. The standard InChI is InChI=1S/C14H14F3N3O3S/c1-8(2)23-12(21)18-11-20(19-13(22-3)24-11)10-6-4-5-9(7-10)14(15,16)17/h4-8H,1-3H3. The van der Waals surface area contributed by atoms with Gasteiger partial charge in [-0.1, -0.05) is 6.07 Å². The van der Waals surface area contributed by atoms with Crippen molar-refractivity contribution in [1.82, 2.24) is 9.78 Å². The Balaban J connectivity index is 2.53. The van der Waals surface area contributed by atoms with Gasteiger partial charge in [0.25, 0.3) is 5.19 Å². The summed E-state index contributed by atoms with van der Waals surface area (Å²) in [6, 6.07) is 4.51. The van der Waals surface area contributed by atoms with Gasteiger partial charge in [0, 0.05) is 0 Å². The highest BCUT2D eigenvalue weighted by Gasteiger charge is 2.30. The average molecular weight is 361 g/mol. The lowest BCUT2D eigenvalue weighted by molar-refractivity contribution is -0.137. The van der Waals surface area contributed by atoms with Crippen LogP contribution in [0.2, 0.25) is 0 Å². The number of hydrogen-bond acceptors (Lipinski definition) is 5. The molecule has 2 rings (SSSR count). The van der Waals surface area contributed by atoms with E-state index in [0.717, 1.165) is 28.2 Å². The average Bonchev–Trinajstić information content (AvgIpc) is 2.88. The Labute approximate surface area is 139 Å². The van der Waals surface area contributed by atoms with Gasteiger partial charge in [-0.25, -0.2) is 9.48 Å². The molecule has 0 aliphatic carbocycles.